The molecule has 110 valence electrons. The molecule has 1 aromatic rings. The van der Waals surface area contributed by atoms with Gasteiger partial charge in [0.2, 0.25) is 0 Å². The molecule has 1 amide bonds. The van der Waals surface area contributed by atoms with Crippen LogP contribution in [-0.2, 0) is 11.3 Å². The Hall–Kier alpha value is -1.39. The van der Waals surface area contributed by atoms with E-state index in [2.05, 4.69) is 17.6 Å². The summed E-state index contributed by atoms with van der Waals surface area (Å²) in [6, 6.07) is 7.61. The predicted octanol–water partition coefficient (Wildman–Crippen LogP) is 1.95. The first kappa shape index (κ1) is 15.0. The molecule has 0 aliphatic carbocycles. The smallest absolute Gasteiger partial charge is 0.251 e. The Balaban J connectivity index is 1.98. The lowest BCUT2D eigenvalue weighted by atomic mass is 9.81. The van der Waals surface area contributed by atoms with Gasteiger partial charge >= 0.3 is 0 Å². The summed E-state index contributed by atoms with van der Waals surface area (Å²) in [7, 11) is 1.64. The second-order valence-electron chi connectivity index (χ2n) is 5.83. The normalized spacial score (nSPS) is 17.7. The number of hydrogen-bond acceptors (Lipinski definition) is 3. The fraction of sp³-hybridized carbons (Fsp3) is 0.562. The van der Waals surface area contributed by atoms with Gasteiger partial charge in [0, 0.05) is 19.2 Å². The zero-order valence-corrected chi connectivity index (χ0v) is 12.4. The largest absolute Gasteiger partial charge is 0.380 e. The lowest BCUT2D eigenvalue weighted by Gasteiger charge is -2.34. The van der Waals surface area contributed by atoms with Crippen LogP contribution in [0, 0.1) is 5.41 Å². The maximum absolute atomic E-state index is 12.3. The van der Waals surface area contributed by atoms with Gasteiger partial charge in [-0.15, -0.1) is 0 Å². The van der Waals surface area contributed by atoms with Crippen LogP contribution >= 0.6 is 0 Å². The van der Waals surface area contributed by atoms with E-state index in [0.29, 0.717) is 12.2 Å². The molecule has 1 heterocycles. The van der Waals surface area contributed by atoms with Crippen LogP contribution in [0.2, 0.25) is 0 Å². The van der Waals surface area contributed by atoms with Gasteiger partial charge in [0.1, 0.15) is 0 Å². The standard InChI is InChI=1S/C16H24N2O2/c1-16(7-9-17-10-8-16)12-18-15(19)14-6-4-3-5-13(14)11-20-2/h3-6,17H,7-12H2,1-2H3,(H,18,19). The number of rotatable bonds is 5. The van der Waals surface area contributed by atoms with Crippen molar-refractivity contribution in [3.63, 3.8) is 0 Å². The van der Waals surface area contributed by atoms with Gasteiger partial charge in [-0.25, -0.2) is 0 Å². The zero-order valence-electron chi connectivity index (χ0n) is 12.4. The highest BCUT2D eigenvalue weighted by Crippen LogP contribution is 2.26. The van der Waals surface area contributed by atoms with Gasteiger partial charge in [0.25, 0.3) is 5.91 Å². The first-order valence-electron chi connectivity index (χ1n) is 7.20. The van der Waals surface area contributed by atoms with Crippen molar-refractivity contribution in [2.24, 2.45) is 5.41 Å². The van der Waals surface area contributed by atoms with E-state index < -0.39 is 0 Å². The summed E-state index contributed by atoms with van der Waals surface area (Å²) in [4.78, 5) is 12.3. The second-order valence-corrected chi connectivity index (χ2v) is 5.83. The number of hydrogen-bond donors (Lipinski definition) is 2. The number of carbonyl (C=O) groups excluding carboxylic acids is 1. The van der Waals surface area contributed by atoms with Crippen molar-refractivity contribution in [1.82, 2.24) is 10.6 Å². The Labute approximate surface area is 120 Å². The Kier molecular flexibility index (Phi) is 5.15. The van der Waals surface area contributed by atoms with Crippen LogP contribution in [0.4, 0.5) is 0 Å². The number of piperidine rings is 1. The molecule has 1 aliphatic heterocycles. The van der Waals surface area contributed by atoms with Crippen LogP contribution < -0.4 is 10.6 Å². The summed E-state index contributed by atoms with van der Waals surface area (Å²) in [6.45, 7) is 5.51. The molecule has 4 nitrogen and oxygen atoms in total. The first-order chi connectivity index (χ1) is 9.64. The van der Waals surface area contributed by atoms with E-state index in [1.165, 1.54) is 0 Å². The zero-order chi connectivity index (χ0) is 14.4. The third-order valence-corrected chi connectivity index (χ3v) is 4.05. The van der Waals surface area contributed by atoms with Gasteiger partial charge in [-0.3, -0.25) is 4.79 Å². The molecule has 20 heavy (non-hydrogen) atoms. The highest BCUT2D eigenvalue weighted by atomic mass is 16.5. The summed E-state index contributed by atoms with van der Waals surface area (Å²) in [5.74, 6) is -0.00240. The van der Waals surface area contributed by atoms with Gasteiger partial charge in [-0.2, -0.15) is 0 Å². The molecule has 0 bridgehead atoms. The predicted molar refractivity (Wildman–Crippen MR) is 79.7 cm³/mol. The van der Waals surface area contributed by atoms with Crippen LogP contribution in [0.1, 0.15) is 35.7 Å². The molecule has 1 aromatic carbocycles. The van der Waals surface area contributed by atoms with Crippen molar-refractivity contribution >= 4 is 5.91 Å². The summed E-state index contributed by atoms with van der Waals surface area (Å²) >= 11 is 0. The first-order valence-corrected chi connectivity index (χ1v) is 7.20. The van der Waals surface area contributed by atoms with Crippen molar-refractivity contribution in [1.29, 1.82) is 0 Å². The van der Waals surface area contributed by atoms with Gasteiger partial charge in [0.05, 0.1) is 6.61 Å². The van der Waals surface area contributed by atoms with Gasteiger partial charge in [-0.05, 0) is 43.0 Å². The quantitative estimate of drug-likeness (QED) is 0.864. The molecule has 0 spiro atoms. The Bertz CT molecular complexity index is 454. The lowest BCUT2D eigenvalue weighted by Crippen LogP contribution is -2.43. The Morgan fingerprint density at radius 3 is 2.75 bits per heavy atom. The fourth-order valence-electron chi connectivity index (χ4n) is 2.62. The van der Waals surface area contributed by atoms with Gasteiger partial charge in [-0.1, -0.05) is 25.1 Å². The fourth-order valence-corrected chi connectivity index (χ4v) is 2.62. The van der Waals surface area contributed by atoms with Crippen LogP contribution in [0.5, 0.6) is 0 Å². The van der Waals surface area contributed by atoms with E-state index in [0.717, 1.165) is 38.0 Å². The third-order valence-electron chi connectivity index (χ3n) is 4.05. The summed E-state index contributed by atoms with van der Waals surface area (Å²) < 4.78 is 5.14. The third kappa shape index (κ3) is 3.81. The second kappa shape index (κ2) is 6.86. The van der Waals surface area contributed by atoms with Crippen molar-refractivity contribution in [3.8, 4) is 0 Å². The highest BCUT2D eigenvalue weighted by Gasteiger charge is 2.27. The number of amides is 1. The van der Waals surface area contributed by atoms with Crippen molar-refractivity contribution in [3.05, 3.63) is 35.4 Å². The van der Waals surface area contributed by atoms with E-state index in [4.69, 9.17) is 4.74 Å². The molecule has 4 heteroatoms. The maximum atomic E-state index is 12.3. The number of benzene rings is 1. The number of ether oxygens (including phenoxy) is 1. The average Bonchev–Trinajstić information content (AvgIpc) is 2.47. The maximum Gasteiger partial charge on any atom is 0.251 e. The van der Waals surface area contributed by atoms with Crippen LogP contribution in [0.3, 0.4) is 0 Å². The number of carbonyl (C=O) groups is 1. The molecule has 0 saturated carbocycles. The van der Waals surface area contributed by atoms with Crippen molar-refractivity contribution in [2.45, 2.75) is 26.4 Å². The molecule has 1 aliphatic rings. The highest BCUT2D eigenvalue weighted by molar-refractivity contribution is 5.95. The van der Waals surface area contributed by atoms with E-state index in [1.807, 2.05) is 24.3 Å². The van der Waals surface area contributed by atoms with Crippen LogP contribution in [0.15, 0.2) is 24.3 Å². The van der Waals surface area contributed by atoms with Gasteiger partial charge < -0.3 is 15.4 Å². The van der Waals surface area contributed by atoms with Crippen LogP contribution in [0.25, 0.3) is 0 Å². The molecule has 1 fully saturated rings. The minimum atomic E-state index is -0.00240. The molecule has 2 rings (SSSR count). The summed E-state index contributed by atoms with van der Waals surface area (Å²) in [5.41, 5.74) is 1.85. The monoisotopic (exact) mass is 276 g/mol. The minimum Gasteiger partial charge on any atom is -0.380 e. The van der Waals surface area contributed by atoms with Crippen molar-refractivity contribution in [2.75, 3.05) is 26.7 Å². The number of methoxy groups -OCH3 is 1. The Morgan fingerprint density at radius 1 is 1.35 bits per heavy atom. The molecule has 0 aromatic heterocycles. The molecular formula is C16H24N2O2. The van der Waals surface area contributed by atoms with Crippen LogP contribution in [-0.4, -0.2) is 32.7 Å². The van der Waals surface area contributed by atoms with E-state index >= 15 is 0 Å². The van der Waals surface area contributed by atoms with E-state index in [-0.39, 0.29) is 11.3 Å². The molecule has 0 unspecified atom stereocenters. The number of nitrogens with one attached hydrogen (secondary N) is 2. The SMILES string of the molecule is COCc1ccccc1C(=O)NCC1(C)CCNCC1. The summed E-state index contributed by atoms with van der Waals surface area (Å²) in [6.07, 6.45) is 2.21. The molecule has 0 radical (unpaired) electrons. The minimum absolute atomic E-state index is 0.00240. The summed E-state index contributed by atoms with van der Waals surface area (Å²) in [5, 5.41) is 6.44. The Morgan fingerprint density at radius 2 is 2.05 bits per heavy atom. The molecular weight excluding hydrogens is 252 g/mol. The topological polar surface area (TPSA) is 50.4 Å². The molecule has 0 atom stereocenters. The lowest BCUT2D eigenvalue weighted by molar-refractivity contribution is 0.0917. The van der Waals surface area contributed by atoms with E-state index in [1.54, 1.807) is 7.11 Å². The van der Waals surface area contributed by atoms with E-state index in [9.17, 15) is 4.79 Å². The molecule has 2 N–H and O–H groups in total. The molecule has 1 saturated heterocycles. The van der Waals surface area contributed by atoms with Gasteiger partial charge in [0.15, 0.2) is 0 Å². The average molecular weight is 276 g/mol. The van der Waals surface area contributed by atoms with Crippen molar-refractivity contribution < 1.29 is 9.53 Å².